The van der Waals surface area contributed by atoms with Crippen LogP contribution < -0.4 is 15.5 Å². The van der Waals surface area contributed by atoms with Gasteiger partial charge in [-0.3, -0.25) is 24.9 Å². The predicted octanol–water partition coefficient (Wildman–Crippen LogP) is 6.29. The summed E-state index contributed by atoms with van der Waals surface area (Å²) in [7, 11) is 0. The number of anilines is 1. The number of rotatable bonds is 13. The smallest absolute Gasteiger partial charge is 0.255 e. The number of hydrogen-bond acceptors (Lipinski definition) is 7. The summed E-state index contributed by atoms with van der Waals surface area (Å²) >= 11 is 1.33. The number of aromatic nitrogens is 1. The monoisotopic (exact) mass is 598 g/mol. The van der Waals surface area contributed by atoms with Crippen molar-refractivity contribution in [1.82, 2.24) is 15.4 Å². The molecule has 10 heteroatoms. The van der Waals surface area contributed by atoms with Crippen LogP contribution in [0.15, 0.2) is 78.3 Å². The molecule has 3 amide bonds. The lowest BCUT2D eigenvalue weighted by Gasteiger charge is -2.27. The molecule has 3 N–H and O–H groups in total. The van der Waals surface area contributed by atoms with E-state index in [-0.39, 0.29) is 17.7 Å². The first-order valence-electron chi connectivity index (χ1n) is 14.3. The van der Waals surface area contributed by atoms with Crippen molar-refractivity contribution >= 4 is 34.2 Å². The lowest BCUT2D eigenvalue weighted by molar-refractivity contribution is -0.129. The van der Waals surface area contributed by atoms with Gasteiger partial charge in [-0.25, -0.2) is 10.5 Å². The molecule has 0 radical (unpaired) electrons. The third kappa shape index (κ3) is 7.28. The summed E-state index contributed by atoms with van der Waals surface area (Å²) in [5, 5.41) is 13.7. The van der Waals surface area contributed by atoms with Crippen molar-refractivity contribution in [3.8, 4) is 16.9 Å². The van der Waals surface area contributed by atoms with Crippen molar-refractivity contribution in [3.05, 3.63) is 101 Å². The molecular formula is C33H34N4O5S. The zero-order valence-electron chi connectivity index (χ0n) is 23.9. The van der Waals surface area contributed by atoms with Crippen molar-refractivity contribution in [2.45, 2.75) is 51.6 Å². The van der Waals surface area contributed by atoms with Crippen molar-refractivity contribution in [2.24, 2.45) is 0 Å². The zero-order chi connectivity index (χ0) is 30.2. The second kappa shape index (κ2) is 14.1. The van der Waals surface area contributed by atoms with Gasteiger partial charge in [0, 0.05) is 30.1 Å². The number of carbonyl (C=O) groups is 3. The molecule has 0 spiro atoms. The van der Waals surface area contributed by atoms with Crippen LogP contribution in [0.25, 0.3) is 11.1 Å². The SMILES string of the molecule is Cc1cc(OCCCCCCC(=O)NO)ccc1-c1ccc2c(c1)C(=O)N(C(C(=O)Nc1nccs1)c1ccccc1)C2. The van der Waals surface area contributed by atoms with E-state index in [0.29, 0.717) is 30.3 Å². The van der Waals surface area contributed by atoms with Crippen LogP contribution >= 0.6 is 11.3 Å². The van der Waals surface area contributed by atoms with E-state index in [9.17, 15) is 14.4 Å². The molecule has 0 saturated carbocycles. The molecular weight excluding hydrogens is 564 g/mol. The summed E-state index contributed by atoms with van der Waals surface area (Å²) in [5.74, 6) is -0.0674. The third-order valence-corrected chi connectivity index (χ3v) is 8.17. The van der Waals surface area contributed by atoms with Crippen molar-refractivity contribution in [1.29, 1.82) is 0 Å². The van der Waals surface area contributed by atoms with Crippen LogP contribution in [0, 0.1) is 6.92 Å². The van der Waals surface area contributed by atoms with Crippen LogP contribution in [-0.2, 0) is 16.1 Å². The lowest BCUT2D eigenvalue weighted by Crippen LogP contribution is -2.37. The number of unbranched alkanes of at least 4 members (excludes halogenated alkanes) is 3. The summed E-state index contributed by atoms with van der Waals surface area (Å²) < 4.78 is 5.94. The van der Waals surface area contributed by atoms with Gasteiger partial charge in [-0.05, 0) is 65.8 Å². The Bertz CT molecular complexity index is 1580. The van der Waals surface area contributed by atoms with Gasteiger partial charge >= 0.3 is 0 Å². The molecule has 2 heterocycles. The maximum absolute atomic E-state index is 13.8. The van der Waals surface area contributed by atoms with E-state index >= 15 is 0 Å². The molecule has 1 aliphatic heterocycles. The number of hydrogen-bond donors (Lipinski definition) is 3. The fourth-order valence-electron chi connectivity index (χ4n) is 5.30. The van der Waals surface area contributed by atoms with Gasteiger partial charge in [0.2, 0.25) is 5.91 Å². The molecule has 1 atom stereocenters. The Morgan fingerprint density at radius 1 is 1.02 bits per heavy atom. The number of amides is 3. The minimum Gasteiger partial charge on any atom is -0.494 e. The van der Waals surface area contributed by atoms with E-state index in [1.165, 1.54) is 11.3 Å². The summed E-state index contributed by atoms with van der Waals surface area (Å²) in [5.41, 5.74) is 6.81. The fraction of sp³-hybridized carbons (Fsp3) is 0.273. The van der Waals surface area contributed by atoms with Gasteiger partial charge in [0.1, 0.15) is 11.8 Å². The predicted molar refractivity (Wildman–Crippen MR) is 165 cm³/mol. The van der Waals surface area contributed by atoms with E-state index in [1.807, 2.05) is 73.7 Å². The first-order chi connectivity index (χ1) is 20.9. The zero-order valence-corrected chi connectivity index (χ0v) is 24.7. The van der Waals surface area contributed by atoms with Gasteiger partial charge in [-0.2, -0.15) is 0 Å². The number of thiazole rings is 1. The lowest BCUT2D eigenvalue weighted by atomic mass is 9.97. The highest BCUT2D eigenvalue weighted by atomic mass is 32.1. The number of benzene rings is 3. The second-order valence-corrected chi connectivity index (χ2v) is 11.4. The Morgan fingerprint density at radius 2 is 1.84 bits per heavy atom. The van der Waals surface area contributed by atoms with Crippen molar-refractivity contribution < 1.29 is 24.3 Å². The highest BCUT2D eigenvalue weighted by Crippen LogP contribution is 2.36. The first-order valence-corrected chi connectivity index (χ1v) is 15.2. The average molecular weight is 599 g/mol. The molecule has 1 aromatic heterocycles. The molecule has 4 aromatic rings. The molecule has 1 aliphatic rings. The largest absolute Gasteiger partial charge is 0.494 e. The topological polar surface area (TPSA) is 121 Å². The molecule has 1 unspecified atom stereocenters. The maximum atomic E-state index is 13.8. The number of fused-ring (bicyclic) bond motifs is 1. The maximum Gasteiger partial charge on any atom is 0.255 e. The van der Waals surface area contributed by atoms with Gasteiger partial charge in [-0.1, -0.05) is 61.4 Å². The Kier molecular flexibility index (Phi) is 9.81. The second-order valence-electron chi connectivity index (χ2n) is 10.5. The number of nitrogens with zero attached hydrogens (tertiary/aromatic N) is 2. The van der Waals surface area contributed by atoms with Crippen LogP contribution in [0.1, 0.15) is 65.2 Å². The third-order valence-electron chi connectivity index (χ3n) is 7.48. The summed E-state index contributed by atoms with van der Waals surface area (Å²) in [6, 6.07) is 20.4. The van der Waals surface area contributed by atoms with Gasteiger partial charge in [-0.15, -0.1) is 11.3 Å². The van der Waals surface area contributed by atoms with Gasteiger partial charge < -0.3 is 9.64 Å². The molecule has 43 heavy (non-hydrogen) atoms. The number of carbonyl (C=O) groups excluding carboxylic acids is 3. The Morgan fingerprint density at radius 3 is 2.58 bits per heavy atom. The highest BCUT2D eigenvalue weighted by Gasteiger charge is 2.37. The summed E-state index contributed by atoms with van der Waals surface area (Å²) in [6.07, 6.45) is 5.38. The van der Waals surface area contributed by atoms with E-state index < -0.39 is 6.04 Å². The van der Waals surface area contributed by atoms with Crippen molar-refractivity contribution in [3.63, 3.8) is 0 Å². The van der Waals surface area contributed by atoms with Crippen LogP contribution in [-0.4, -0.2) is 39.4 Å². The Labute approximate surface area is 254 Å². The number of hydroxylamine groups is 1. The standard InChI is InChI=1S/C33H34N4O5S/c1-22-19-26(42-17-8-3-2-7-11-29(38)36-41)14-15-27(22)24-12-13-25-21-37(32(40)28(25)20-24)30(23-9-5-4-6-10-23)31(39)35-33-34-16-18-43-33/h4-6,9-10,12-16,18-20,30,41H,2-3,7-8,11,17,21H2,1H3,(H,36,38)(H,34,35,39). The fourth-order valence-corrected chi connectivity index (χ4v) is 5.84. The van der Waals surface area contributed by atoms with Crippen LogP contribution in [0.5, 0.6) is 5.75 Å². The van der Waals surface area contributed by atoms with Gasteiger partial charge in [0.25, 0.3) is 11.8 Å². The average Bonchev–Trinajstić information content (AvgIpc) is 3.64. The van der Waals surface area contributed by atoms with E-state index in [0.717, 1.165) is 59.3 Å². The van der Waals surface area contributed by atoms with Crippen molar-refractivity contribution in [2.75, 3.05) is 11.9 Å². The van der Waals surface area contributed by atoms with E-state index in [2.05, 4.69) is 10.3 Å². The molecule has 5 rings (SSSR count). The quantitative estimate of drug-likeness (QED) is 0.0945. The van der Waals surface area contributed by atoms with Crippen LogP contribution in [0.3, 0.4) is 0 Å². The minimum absolute atomic E-state index is 0.186. The molecule has 0 fully saturated rings. The summed E-state index contributed by atoms with van der Waals surface area (Å²) in [4.78, 5) is 44.1. The van der Waals surface area contributed by atoms with E-state index in [1.54, 1.807) is 22.0 Å². The van der Waals surface area contributed by atoms with E-state index in [4.69, 9.17) is 9.94 Å². The minimum atomic E-state index is -0.799. The Balaban J connectivity index is 1.25. The van der Waals surface area contributed by atoms with Gasteiger partial charge in [0.05, 0.1) is 6.61 Å². The molecule has 0 saturated heterocycles. The highest BCUT2D eigenvalue weighted by molar-refractivity contribution is 7.13. The Hall–Kier alpha value is -4.54. The van der Waals surface area contributed by atoms with Gasteiger partial charge in [0.15, 0.2) is 5.13 Å². The van der Waals surface area contributed by atoms with Crippen LogP contribution in [0.4, 0.5) is 5.13 Å². The molecule has 0 aliphatic carbocycles. The normalized spacial score (nSPS) is 13.0. The first kappa shape index (κ1) is 29.9. The number of ether oxygens (including phenoxy) is 1. The summed E-state index contributed by atoms with van der Waals surface area (Å²) in [6.45, 7) is 2.93. The molecule has 9 nitrogen and oxygen atoms in total. The molecule has 0 bridgehead atoms. The number of aryl methyl sites for hydroxylation is 1. The molecule has 222 valence electrons. The number of nitrogens with one attached hydrogen (secondary N) is 2. The van der Waals surface area contributed by atoms with Crippen LogP contribution in [0.2, 0.25) is 0 Å². The molecule has 3 aromatic carbocycles.